The lowest BCUT2D eigenvalue weighted by Gasteiger charge is -2.35. The first kappa shape index (κ1) is 19.7. The zero-order valence-electron chi connectivity index (χ0n) is 16.3. The number of rotatable bonds is 4. The number of carbonyl (C=O) groups excluding carboxylic acids is 2. The van der Waals surface area contributed by atoms with Gasteiger partial charge in [-0.1, -0.05) is 53.4 Å². The van der Waals surface area contributed by atoms with E-state index in [1.54, 1.807) is 0 Å². The van der Waals surface area contributed by atoms with Crippen LogP contribution in [-0.2, 0) is 4.79 Å². The molecule has 152 valence electrons. The molecule has 2 unspecified atom stereocenters. The van der Waals surface area contributed by atoms with Crippen LogP contribution >= 0.6 is 15.9 Å². The van der Waals surface area contributed by atoms with E-state index in [2.05, 4.69) is 32.6 Å². The van der Waals surface area contributed by atoms with Gasteiger partial charge >= 0.3 is 6.03 Å². The van der Waals surface area contributed by atoms with Gasteiger partial charge in [-0.05, 0) is 43.7 Å². The first-order valence-electron chi connectivity index (χ1n) is 10.7. The summed E-state index contributed by atoms with van der Waals surface area (Å²) in [6.45, 7) is 1.53. The molecule has 1 aromatic rings. The highest BCUT2D eigenvalue weighted by Crippen LogP contribution is 2.43. The van der Waals surface area contributed by atoms with E-state index in [-0.39, 0.29) is 24.0 Å². The summed E-state index contributed by atoms with van der Waals surface area (Å²) in [7, 11) is 0. The van der Waals surface area contributed by atoms with E-state index in [0.717, 1.165) is 49.7 Å². The van der Waals surface area contributed by atoms with Gasteiger partial charge in [-0.3, -0.25) is 4.79 Å². The summed E-state index contributed by atoms with van der Waals surface area (Å²) in [6.07, 6.45) is 8.46. The zero-order valence-corrected chi connectivity index (χ0v) is 17.9. The van der Waals surface area contributed by atoms with E-state index in [1.807, 2.05) is 23.1 Å². The molecule has 6 heteroatoms. The average Bonchev–Trinajstić information content (AvgIpc) is 3.47. The Kier molecular flexibility index (Phi) is 6.24. The molecule has 1 heterocycles. The number of amides is 3. The summed E-state index contributed by atoms with van der Waals surface area (Å²) < 4.78 is 1.11. The average molecular weight is 448 g/mol. The summed E-state index contributed by atoms with van der Waals surface area (Å²) in [4.78, 5) is 27.1. The van der Waals surface area contributed by atoms with E-state index in [1.165, 1.54) is 24.8 Å². The van der Waals surface area contributed by atoms with Crippen molar-refractivity contribution >= 4 is 27.9 Å². The van der Waals surface area contributed by atoms with Crippen LogP contribution in [0.2, 0.25) is 0 Å². The van der Waals surface area contributed by atoms with Gasteiger partial charge in [-0.15, -0.1) is 0 Å². The molecule has 2 aliphatic carbocycles. The summed E-state index contributed by atoms with van der Waals surface area (Å²) >= 11 is 3.60. The van der Waals surface area contributed by atoms with E-state index in [9.17, 15) is 9.59 Å². The lowest BCUT2D eigenvalue weighted by atomic mass is 9.87. The molecule has 0 radical (unpaired) electrons. The van der Waals surface area contributed by atoms with Crippen LogP contribution in [0.15, 0.2) is 28.7 Å². The van der Waals surface area contributed by atoms with E-state index in [0.29, 0.717) is 11.8 Å². The van der Waals surface area contributed by atoms with Crippen LogP contribution < -0.4 is 10.6 Å². The highest BCUT2D eigenvalue weighted by Gasteiger charge is 2.40. The van der Waals surface area contributed by atoms with Crippen molar-refractivity contribution in [1.82, 2.24) is 15.5 Å². The fourth-order valence-electron chi connectivity index (χ4n) is 4.72. The number of piperidine rings is 1. The molecule has 0 aromatic heterocycles. The van der Waals surface area contributed by atoms with Crippen molar-refractivity contribution in [3.63, 3.8) is 0 Å². The Balaban J connectivity index is 1.18. The van der Waals surface area contributed by atoms with Gasteiger partial charge < -0.3 is 15.5 Å². The van der Waals surface area contributed by atoms with Crippen molar-refractivity contribution in [2.45, 2.75) is 69.4 Å². The highest BCUT2D eigenvalue weighted by atomic mass is 79.9. The standard InChI is InChI=1S/C22H30BrN3O2/c23-19-9-5-4-8-17(19)18-14-20(18)25-22(28)24-16-10-12-26(13-11-16)21(27)15-6-2-1-3-7-15/h4-5,8-9,15-16,18,20H,1-3,6-7,10-14H2,(H2,24,25,28). The SMILES string of the molecule is O=C(NC1CCN(C(=O)C2CCCCC2)CC1)NC1CC1c1ccccc1Br. The maximum absolute atomic E-state index is 12.7. The van der Waals surface area contributed by atoms with Crippen LogP contribution in [0.5, 0.6) is 0 Å². The Morgan fingerprint density at radius 2 is 1.68 bits per heavy atom. The first-order valence-corrected chi connectivity index (χ1v) is 11.5. The van der Waals surface area contributed by atoms with Crippen LogP contribution in [0.4, 0.5) is 4.79 Å². The van der Waals surface area contributed by atoms with Gasteiger partial charge in [0.15, 0.2) is 0 Å². The van der Waals surface area contributed by atoms with Gasteiger partial charge in [0.1, 0.15) is 0 Å². The number of likely N-dealkylation sites (tertiary alicyclic amines) is 1. The van der Waals surface area contributed by atoms with Gasteiger partial charge in [0.25, 0.3) is 0 Å². The van der Waals surface area contributed by atoms with Crippen LogP contribution in [0.25, 0.3) is 0 Å². The molecule has 3 amide bonds. The van der Waals surface area contributed by atoms with Crippen molar-refractivity contribution in [3.8, 4) is 0 Å². The highest BCUT2D eigenvalue weighted by molar-refractivity contribution is 9.10. The second-order valence-electron chi connectivity index (χ2n) is 8.52. The van der Waals surface area contributed by atoms with Crippen LogP contribution in [0.1, 0.15) is 62.8 Å². The Bertz CT molecular complexity index is 711. The maximum Gasteiger partial charge on any atom is 0.315 e. The number of benzene rings is 1. The zero-order chi connectivity index (χ0) is 19.5. The lowest BCUT2D eigenvalue weighted by Crippen LogP contribution is -2.50. The predicted octanol–water partition coefficient (Wildman–Crippen LogP) is 4.18. The number of carbonyl (C=O) groups is 2. The molecule has 4 rings (SSSR count). The minimum Gasteiger partial charge on any atom is -0.342 e. The number of nitrogens with one attached hydrogen (secondary N) is 2. The fourth-order valence-corrected chi connectivity index (χ4v) is 5.30. The minimum atomic E-state index is -0.0726. The van der Waals surface area contributed by atoms with Crippen LogP contribution in [-0.4, -0.2) is 42.0 Å². The first-order chi connectivity index (χ1) is 13.6. The number of nitrogens with zero attached hydrogens (tertiary/aromatic N) is 1. The molecule has 1 aliphatic heterocycles. The monoisotopic (exact) mass is 447 g/mol. The number of halogens is 1. The molecule has 5 nitrogen and oxygen atoms in total. The summed E-state index contributed by atoms with van der Waals surface area (Å²) in [5.74, 6) is 0.985. The molecule has 2 N–H and O–H groups in total. The molecule has 2 atom stereocenters. The number of hydrogen-bond acceptors (Lipinski definition) is 2. The second kappa shape index (κ2) is 8.85. The molecule has 3 aliphatic rings. The summed E-state index contributed by atoms with van der Waals surface area (Å²) in [5, 5.41) is 6.23. The van der Waals surface area contributed by atoms with E-state index >= 15 is 0 Å². The molecule has 28 heavy (non-hydrogen) atoms. The Hall–Kier alpha value is -1.56. The Morgan fingerprint density at radius 1 is 0.964 bits per heavy atom. The fraction of sp³-hybridized carbons (Fsp3) is 0.636. The predicted molar refractivity (Wildman–Crippen MR) is 113 cm³/mol. The number of urea groups is 1. The van der Waals surface area contributed by atoms with Gasteiger partial charge in [0, 0.05) is 41.5 Å². The van der Waals surface area contributed by atoms with Gasteiger partial charge in [-0.2, -0.15) is 0 Å². The van der Waals surface area contributed by atoms with Crippen molar-refractivity contribution < 1.29 is 9.59 Å². The largest absolute Gasteiger partial charge is 0.342 e. The maximum atomic E-state index is 12.7. The molecule has 1 saturated heterocycles. The molecule has 3 fully saturated rings. The minimum absolute atomic E-state index is 0.0726. The third kappa shape index (κ3) is 4.70. The van der Waals surface area contributed by atoms with Crippen LogP contribution in [0.3, 0.4) is 0 Å². The van der Waals surface area contributed by atoms with Crippen molar-refractivity contribution in [3.05, 3.63) is 34.3 Å². The molecule has 0 spiro atoms. The third-order valence-electron chi connectivity index (χ3n) is 6.51. The van der Waals surface area contributed by atoms with Crippen molar-refractivity contribution in [2.75, 3.05) is 13.1 Å². The topological polar surface area (TPSA) is 61.4 Å². The summed E-state index contributed by atoms with van der Waals surface area (Å²) in [6, 6.07) is 8.52. The van der Waals surface area contributed by atoms with Crippen molar-refractivity contribution in [1.29, 1.82) is 0 Å². The van der Waals surface area contributed by atoms with Crippen LogP contribution in [0, 0.1) is 5.92 Å². The smallest absolute Gasteiger partial charge is 0.315 e. The van der Waals surface area contributed by atoms with E-state index < -0.39 is 0 Å². The molecular formula is C22H30BrN3O2. The van der Waals surface area contributed by atoms with E-state index in [4.69, 9.17) is 0 Å². The lowest BCUT2D eigenvalue weighted by molar-refractivity contribution is -0.137. The van der Waals surface area contributed by atoms with Gasteiger partial charge in [-0.25, -0.2) is 4.79 Å². The normalized spacial score (nSPS) is 26.0. The Morgan fingerprint density at radius 3 is 2.39 bits per heavy atom. The van der Waals surface area contributed by atoms with Gasteiger partial charge in [0.2, 0.25) is 5.91 Å². The molecule has 0 bridgehead atoms. The Labute approximate surface area is 175 Å². The molecule has 2 saturated carbocycles. The molecular weight excluding hydrogens is 418 g/mol. The van der Waals surface area contributed by atoms with Gasteiger partial charge in [0.05, 0.1) is 0 Å². The number of hydrogen-bond donors (Lipinski definition) is 2. The summed E-state index contributed by atoms with van der Waals surface area (Å²) in [5.41, 5.74) is 1.27. The third-order valence-corrected chi connectivity index (χ3v) is 7.23. The van der Waals surface area contributed by atoms with Crippen molar-refractivity contribution in [2.24, 2.45) is 5.92 Å². The second-order valence-corrected chi connectivity index (χ2v) is 9.38. The quantitative estimate of drug-likeness (QED) is 0.726. The molecule has 1 aromatic carbocycles.